The zero-order valence-corrected chi connectivity index (χ0v) is 17.0. The number of anilines is 1. The van der Waals surface area contributed by atoms with Gasteiger partial charge in [0.1, 0.15) is 11.4 Å². The Hall–Kier alpha value is -2.34. The molecule has 6 heteroatoms. The quantitative estimate of drug-likeness (QED) is 0.704. The highest BCUT2D eigenvalue weighted by Gasteiger charge is 2.41. The number of nitrogens with zero attached hydrogens (tertiary/aromatic N) is 2. The number of benzene rings is 1. The Kier molecular flexibility index (Phi) is 5.90. The molecule has 0 aliphatic heterocycles. The molecule has 4 fully saturated rings. The van der Waals surface area contributed by atoms with Gasteiger partial charge in [-0.1, -0.05) is 18.2 Å². The first-order valence-corrected chi connectivity index (χ1v) is 10.8. The third kappa shape index (κ3) is 4.64. The van der Waals surface area contributed by atoms with Crippen molar-refractivity contribution in [3.05, 3.63) is 42.1 Å². The number of aliphatic hydroxyl groups excluding tert-OH is 1. The van der Waals surface area contributed by atoms with Gasteiger partial charge in [-0.25, -0.2) is 9.48 Å². The van der Waals surface area contributed by atoms with E-state index in [1.54, 1.807) is 45.4 Å². The third-order valence-corrected chi connectivity index (χ3v) is 6.57. The van der Waals surface area contributed by atoms with Crippen molar-refractivity contribution < 1.29 is 15.0 Å². The van der Waals surface area contributed by atoms with E-state index >= 15 is 0 Å². The van der Waals surface area contributed by atoms with Crippen LogP contribution >= 0.6 is 0 Å². The van der Waals surface area contributed by atoms with Crippen molar-refractivity contribution in [2.24, 2.45) is 23.7 Å². The summed E-state index contributed by atoms with van der Waals surface area (Å²) in [5, 5.41) is 25.4. The smallest absolute Gasteiger partial charge is 0.341 e. The first kappa shape index (κ1) is 20.0. The van der Waals surface area contributed by atoms with E-state index in [9.17, 15) is 9.90 Å². The van der Waals surface area contributed by atoms with Gasteiger partial charge in [0.25, 0.3) is 0 Å². The number of aromatic nitrogens is 2. The van der Waals surface area contributed by atoms with Crippen LogP contribution in [0.3, 0.4) is 0 Å². The van der Waals surface area contributed by atoms with E-state index in [0.717, 1.165) is 5.69 Å². The van der Waals surface area contributed by atoms with Crippen LogP contribution in [-0.4, -0.2) is 38.6 Å². The Morgan fingerprint density at radius 2 is 1.59 bits per heavy atom. The number of para-hydroxylation sites is 1. The fraction of sp³-hybridized carbons (Fsp3) is 0.565. The number of carboxylic acids is 1. The summed E-state index contributed by atoms with van der Waals surface area (Å²) in [5.41, 5.74) is 0.826. The van der Waals surface area contributed by atoms with E-state index in [2.05, 4.69) is 10.4 Å². The van der Waals surface area contributed by atoms with Crippen LogP contribution in [-0.2, 0) is 0 Å². The highest BCUT2D eigenvalue weighted by molar-refractivity contribution is 5.93. The zero-order chi connectivity index (χ0) is 20.4. The molecule has 0 saturated heterocycles. The minimum absolute atomic E-state index is 0.0736. The topological polar surface area (TPSA) is 87.4 Å². The Bertz CT molecular complexity index is 775. The molecular weight excluding hydrogens is 366 g/mol. The molecule has 1 aromatic heterocycles. The number of aromatic carboxylic acids is 1. The SMILES string of the molecule is C1C2CC3CC1CC(C2)C3.CC(O)CNc1c(C(=O)O)cnn1-c1ccccc1. The molecule has 1 atom stereocenters. The number of hydrogen-bond acceptors (Lipinski definition) is 4. The maximum Gasteiger partial charge on any atom is 0.341 e. The average Bonchev–Trinajstić information content (AvgIpc) is 3.11. The Morgan fingerprint density at radius 3 is 2.03 bits per heavy atom. The maximum atomic E-state index is 11.2. The van der Waals surface area contributed by atoms with Gasteiger partial charge in [-0.3, -0.25) is 0 Å². The Morgan fingerprint density at radius 1 is 1.07 bits per heavy atom. The van der Waals surface area contributed by atoms with Crippen LogP contribution in [0.5, 0.6) is 0 Å². The summed E-state index contributed by atoms with van der Waals surface area (Å²) in [6.45, 7) is 1.87. The maximum absolute atomic E-state index is 11.2. The molecule has 3 N–H and O–H groups in total. The van der Waals surface area contributed by atoms with Crippen LogP contribution in [0.1, 0.15) is 55.8 Å². The lowest BCUT2D eigenvalue weighted by Gasteiger charge is -2.49. The Labute approximate surface area is 171 Å². The second-order valence-corrected chi connectivity index (χ2v) is 9.07. The molecule has 1 heterocycles. The summed E-state index contributed by atoms with van der Waals surface area (Å²) in [6, 6.07) is 9.21. The second-order valence-electron chi connectivity index (χ2n) is 9.07. The predicted octanol–water partition coefficient (Wildman–Crippen LogP) is 4.20. The molecule has 1 unspecified atom stereocenters. The normalized spacial score (nSPS) is 27.8. The number of hydrogen-bond donors (Lipinski definition) is 3. The van der Waals surface area contributed by atoms with Gasteiger partial charge in [-0.15, -0.1) is 0 Å². The molecule has 4 bridgehead atoms. The molecule has 0 spiro atoms. The van der Waals surface area contributed by atoms with Crippen molar-refractivity contribution in [1.82, 2.24) is 9.78 Å². The minimum Gasteiger partial charge on any atom is -0.477 e. The van der Waals surface area contributed by atoms with Crippen molar-refractivity contribution in [2.75, 3.05) is 11.9 Å². The van der Waals surface area contributed by atoms with Crippen molar-refractivity contribution in [2.45, 2.75) is 51.6 Å². The summed E-state index contributed by atoms with van der Waals surface area (Å²) in [7, 11) is 0. The van der Waals surface area contributed by atoms with Gasteiger partial charge in [0.05, 0.1) is 18.0 Å². The third-order valence-electron chi connectivity index (χ3n) is 6.57. The van der Waals surface area contributed by atoms with E-state index in [0.29, 0.717) is 5.82 Å². The van der Waals surface area contributed by atoms with E-state index in [1.165, 1.54) is 34.6 Å². The number of carbonyl (C=O) groups is 1. The van der Waals surface area contributed by atoms with Crippen LogP contribution in [0.4, 0.5) is 5.82 Å². The minimum atomic E-state index is -1.06. The molecule has 29 heavy (non-hydrogen) atoms. The van der Waals surface area contributed by atoms with E-state index < -0.39 is 12.1 Å². The molecular formula is C23H31N3O3. The fourth-order valence-corrected chi connectivity index (χ4v) is 5.67. The fourth-order valence-electron chi connectivity index (χ4n) is 5.67. The second kappa shape index (κ2) is 8.57. The lowest BCUT2D eigenvalue weighted by atomic mass is 9.56. The summed E-state index contributed by atoms with van der Waals surface area (Å²) in [6.07, 6.45) is 10.3. The monoisotopic (exact) mass is 397 g/mol. The summed E-state index contributed by atoms with van der Waals surface area (Å²) in [5.74, 6) is 4.01. The molecule has 6 rings (SSSR count). The zero-order valence-electron chi connectivity index (χ0n) is 17.0. The highest BCUT2D eigenvalue weighted by atomic mass is 16.4. The molecule has 4 saturated carbocycles. The molecule has 1 aromatic carbocycles. The van der Waals surface area contributed by atoms with Crippen LogP contribution in [0.15, 0.2) is 36.5 Å². The Balaban J connectivity index is 0.000000168. The van der Waals surface area contributed by atoms with Crippen LogP contribution < -0.4 is 5.32 Å². The van der Waals surface area contributed by atoms with Crippen molar-refractivity contribution in [1.29, 1.82) is 0 Å². The van der Waals surface area contributed by atoms with E-state index in [4.69, 9.17) is 5.11 Å². The molecule has 6 nitrogen and oxygen atoms in total. The largest absolute Gasteiger partial charge is 0.477 e. The summed E-state index contributed by atoms with van der Waals surface area (Å²) >= 11 is 0. The first-order valence-electron chi connectivity index (χ1n) is 10.8. The molecule has 156 valence electrons. The molecule has 4 aliphatic rings. The van der Waals surface area contributed by atoms with Crippen LogP contribution in [0, 0.1) is 23.7 Å². The highest BCUT2D eigenvalue weighted by Crippen LogP contribution is 2.53. The van der Waals surface area contributed by atoms with Gasteiger partial charge in [0.15, 0.2) is 0 Å². The van der Waals surface area contributed by atoms with E-state index in [1.807, 2.05) is 30.3 Å². The lowest BCUT2D eigenvalue weighted by molar-refractivity contribution is 0.0198. The van der Waals surface area contributed by atoms with Crippen molar-refractivity contribution in [3.8, 4) is 5.69 Å². The number of carboxylic acid groups (broad SMARTS) is 1. The van der Waals surface area contributed by atoms with Crippen molar-refractivity contribution >= 4 is 11.8 Å². The standard InChI is InChI=1S/C13H15N3O3.C10H16/c1-9(17)7-14-12-11(13(18)19)8-15-16(12)10-5-3-2-4-6-10;1-7-2-9-4-8(1)5-10(3-7)6-9/h2-6,8-9,14,17H,7H2,1H3,(H,18,19);7-10H,1-6H2. The van der Waals surface area contributed by atoms with Crippen LogP contribution in [0.2, 0.25) is 0 Å². The van der Waals surface area contributed by atoms with Gasteiger partial charge in [-0.2, -0.15) is 5.10 Å². The molecule has 4 aliphatic carbocycles. The lowest BCUT2D eigenvalue weighted by Crippen LogP contribution is -2.38. The first-order chi connectivity index (χ1) is 14.0. The van der Waals surface area contributed by atoms with Gasteiger partial charge >= 0.3 is 5.97 Å². The van der Waals surface area contributed by atoms with E-state index in [-0.39, 0.29) is 12.1 Å². The number of aliphatic hydroxyl groups is 1. The molecule has 0 radical (unpaired) electrons. The van der Waals surface area contributed by atoms with Gasteiger partial charge in [0, 0.05) is 6.54 Å². The number of nitrogens with one attached hydrogen (secondary N) is 1. The summed E-state index contributed by atoms with van der Waals surface area (Å²) < 4.78 is 1.51. The van der Waals surface area contributed by atoms with Crippen LogP contribution in [0.25, 0.3) is 5.69 Å². The molecule has 2 aromatic rings. The predicted molar refractivity (Wildman–Crippen MR) is 112 cm³/mol. The van der Waals surface area contributed by atoms with Crippen molar-refractivity contribution in [3.63, 3.8) is 0 Å². The number of rotatable bonds is 5. The van der Waals surface area contributed by atoms with Gasteiger partial charge in [0.2, 0.25) is 0 Å². The van der Waals surface area contributed by atoms with Gasteiger partial charge in [-0.05, 0) is 81.3 Å². The average molecular weight is 398 g/mol. The van der Waals surface area contributed by atoms with Gasteiger partial charge < -0.3 is 15.5 Å². The molecule has 0 amide bonds. The summed E-state index contributed by atoms with van der Waals surface area (Å²) in [4.78, 5) is 11.2.